The Labute approximate surface area is 188 Å². The zero-order chi connectivity index (χ0) is 22.6. The zero-order valence-electron chi connectivity index (χ0n) is 19.1. The lowest BCUT2D eigenvalue weighted by atomic mass is 9.92. The van der Waals surface area contributed by atoms with Crippen LogP contribution in [0.2, 0.25) is 0 Å². The number of hydrogen-bond acceptors (Lipinski definition) is 4. The van der Waals surface area contributed by atoms with Crippen LogP contribution in [0.3, 0.4) is 0 Å². The monoisotopic (exact) mass is 435 g/mol. The van der Waals surface area contributed by atoms with E-state index in [1.165, 1.54) is 12.7 Å². The van der Waals surface area contributed by atoms with Crippen molar-refractivity contribution in [3.63, 3.8) is 0 Å². The normalized spacial score (nSPS) is 23.2. The van der Waals surface area contributed by atoms with Gasteiger partial charge in [0.25, 0.3) is 0 Å². The van der Waals surface area contributed by atoms with Crippen LogP contribution in [-0.2, 0) is 18.2 Å². The predicted octanol–water partition coefficient (Wildman–Crippen LogP) is 4.12. The van der Waals surface area contributed by atoms with Gasteiger partial charge in [0.1, 0.15) is 5.82 Å². The lowest BCUT2D eigenvalue weighted by Crippen LogP contribution is -2.35. The number of fused-ring (bicyclic) bond motifs is 2. The molecule has 0 N–H and O–H groups in total. The summed E-state index contributed by atoms with van der Waals surface area (Å²) in [6, 6.07) is 11.7. The number of aryl methyl sites for hydroxylation is 2. The van der Waals surface area contributed by atoms with Crippen molar-refractivity contribution in [3.05, 3.63) is 70.7 Å². The van der Waals surface area contributed by atoms with Crippen molar-refractivity contribution in [1.82, 2.24) is 14.4 Å². The van der Waals surface area contributed by atoms with E-state index in [9.17, 15) is 9.18 Å². The van der Waals surface area contributed by atoms with Crippen LogP contribution in [0.1, 0.15) is 45.4 Å². The molecule has 0 bridgehead atoms. The van der Waals surface area contributed by atoms with E-state index in [1.807, 2.05) is 29.8 Å². The number of carbonyl (C=O) groups excluding carboxylic acids is 1. The first kappa shape index (κ1) is 21.2. The van der Waals surface area contributed by atoms with Gasteiger partial charge in [-0.3, -0.25) is 4.90 Å². The lowest BCUT2D eigenvalue weighted by Gasteiger charge is -2.26. The summed E-state index contributed by atoms with van der Waals surface area (Å²) in [6.07, 6.45) is 4.05. The maximum Gasteiger partial charge on any atom is 0.340 e. The number of para-hydroxylation sites is 1. The fraction of sp³-hybridized carbons (Fsp3) is 0.423. The molecule has 0 saturated carbocycles. The van der Waals surface area contributed by atoms with E-state index in [0.29, 0.717) is 11.6 Å². The molecule has 1 saturated heterocycles. The molecule has 6 heteroatoms. The van der Waals surface area contributed by atoms with Crippen molar-refractivity contribution in [1.29, 1.82) is 0 Å². The molecular formula is C26H30FN3O2. The van der Waals surface area contributed by atoms with Gasteiger partial charge >= 0.3 is 5.97 Å². The summed E-state index contributed by atoms with van der Waals surface area (Å²) in [7, 11) is 7.64. The second kappa shape index (κ2) is 8.01. The average Bonchev–Trinajstić information content (AvgIpc) is 3.48. The Morgan fingerprint density at radius 2 is 1.94 bits per heavy atom. The van der Waals surface area contributed by atoms with Crippen molar-refractivity contribution >= 4 is 16.9 Å². The SMILES string of the molecule is COC(=O)c1cccc2c([C@@H]3CN(C4CCc5cccc(F)c54)C[C@H]3N(C)C)cn(C)c12. The summed E-state index contributed by atoms with van der Waals surface area (Å²) in [6.45, 7) is 1.76. The van der Waals surface area contributed by atoms with Crippen molar-refractivity contribution < 1.29 is 13.9 Å². The van der Waals surface area contributed by atoms with Crippen molar-refractivity contribution in [2.24, 2.45) is 7.05 Å². The molecule has 0 radical (unpaired) electrons. The molecule has 32 heavy (non-hydrogen) atoms. The fourth-order valence-electron chi connectivity index (χ4n) is 5.94. The minimum absolute atomic E-state index is 0.0808. The van der Waals surface area contributed by atoms with Crippen LogP contribution < -0.4 is 0 Å². The molecule has 3 aromatic rings. The molecule has 1 aromatic heterocycles. The van der Waals surface area contributed by atoms with E-state index in [1.54, 1.807) is 6.07 Å². The third-order valence-corrected chi connectivity index (χ3v) is 7.42. The van der Waals surface area contributed by atoms with Crippen LogP contribution in [-0.4, -0.2) is 60.7 Å². The topological polar surface area (TPSA) is 37.7 Å². The van der Waals surface area contributed by atoms with Crippen LogP contribution >= 0.6 is 0 Å². The number of halogens is 1. The molecule has 3 atom stereocenters. The lowest BCUT2D eigenvalue weighted by molar-refractivity contribution is 0.0602. The van der Waals surface area contributed by atoms with E-state index in [4.69, 9.17) is 4.74 Å². The van der Waals surface area contributed by atoms with Crippen LogP contribution in [0.5, 0.6) is 0 Å². The second-order valence-electron chi connectivity index (χ2n) is 9.35. The molecule has 5 nitrogen and oxygen atoms in total. The number of benzene rings is 2. The number of rotatable bonds is 4. The Morgan fingerprint density at radius 1 is 1.16 bits per heavy atom. The minimum Gasteiger partial charge on any atom is -0.465 e. The van der Waals surface area contributed by atoms with Gasteiger partial charge in [-0.05, 0) is 50.2 Å². The number of esters is 1. The first-order valence-electron chi connectivity index (χ1n) is 11.2. The number of carbonyl (C=O) groups is 1. The van der Waals surface area contributed by atoms with E-state index in [-0.39, 0.29) is 23.7 Å². The molecular weight excluding hydrogens is 405 g/mol. The van der Waals surface area contributed by atoms with Crippen LogP contribution in [0.4, 0.5) is 4.39 Å². The summed E-state index contributed by atoms with van der Waals surface area (Å²) in [5.74, 6) is -0.140. The molecule has 2 aromatic carbocycles. The van der Waals surface area contributed by atoms with Crippen molar-refractivity contribution in [2.45, 2.75) is 30.8 Å². The number of hydrogen-bond donors (Lipinski definition) is 0. The number of likely N-dealkylation sites (tertiary alicyclic amines) is 1. The molecule has 0 amide bonds. The van der Waals surface area contributed by atoms with Gasteiger partial charge in [-0.1, -0.05) is 24.3 Å². The van der Waals surface area contributed by atoms with Crippen LogP contribution in [0.15, 0.2) is 42.6 Å². The molecule has 5 rings (SSSR count). The smallest absolute Gasteiger partial charge is 0.340 e. The average molecular weight is 436 g/mol. The van der Waals surface area contributed by atoms with E-state index >= 15 is 0 Å². The van der Waals surface area contributed by atoms with E-state index in [2.05, 4.69) is 42.2 Å². The molecule has 2 heterocycles. The van der Waals surface area contributed by atoms with E-state index < -0.39 is 0 Å². The third-order valence-electron chi connectivity index (χ3n) is 7.42. The first-order chi connectivity index (χ1) is 15.4. The number of nitrogens with zero attached hydrogens (tertiary/aromatic N) is 3. The molecule has 1 unspecified atom stereocenters. The number of ether oxygens (including phenoxy) is 1. The molecule has 1 aliphatic heterocycles. The van der Waals surface area contributed by atoms with Gasteiger partial charge < -0.3 is 14.2 Å². The molecule has 1 aliphatic carbocycles. The molecule has 1 fully saturated rings. The largest absolute Gasteiger partial charge is 0.465 e. The Balaban J connectivity index is 1.55. The fourth-order valence-corrected chi connectivity index (χ4v) is 5.94. The van der Waals surface area contributed by atoms with Gasteiger partial charge in [0, 0.05) is 55.3 Å². The van der Waals surface area contributed by atoms with Gasteiger partial charge in [-0.25, -0.2) is 9.18 Å². The Bertz CT molecular complexity index is 1190. The van der Waals surface area contributed by atoms with Gasteiger partial charge in [-0.15, -0.1) is 0 Å². The number of methoxy groups -OCH3 is 1. The van der Waals surface area contributed by atoms with Gasteiger partial charge in [0.15, 0.2) is 0 Å². The maximum absolute atomic E-state index is 14.8. The molecule has 0 spiro atoms. The highest BCUT2D eigenvalue weighted by Gasteiger charge is 2.42. The van der Waals surface area contributed by atoms with Gasteiger partial charge in [-0.2, -0.15) is 0 Å². The summed E-state index contributed by atoms with van der Waals surface area (Å²) in [5, 5.41) is 1.09. The Morgan fingerprint density at radius 3 is 2.69 bits per heavy atom. The van der Waals surface area contributed by atoms with Crippen molar-refractivity contribution in [2.75, 3.05) is 34.3 Å². The van der Waals surface area contributed by atoms with E-state index in [0.717, 1.165) is 48.0 Å². The summed E-state index contributed by atoms with van der Waals surface area (Å²) >= 11 is 0. The minimum atomic E-state index is -0.321. The summed E-state index contributed by atoms with van der Waals surface area (Å²) in [4.78, 5) is 17.1. The molecule has 168 valence electrons. The summed E-state index contributed by atoms with van der Waals surface area (Å²) < 4.78 is 21.8. The van der Waals surface area contributed by atoms with Gasteiger partial charge in [0.05, 0.1) is 18.2 Å². The highest BCUT2D eigenvalue weighted by Crippen LogP contribution is 2.44. The first-order valence-corrected chi connectivity index (χ1v) is 11.2. The predicted molar refractivity (Wildman–Crippen MR) is 124 cm³/mol. The van der Waals surface area contributed by atoms with Crippen molar-refractivity contribution in [3.8, 4) is 0 Å². The Hall–Kier alpha value is -2.70. The zero-order valence-corrected chi connectivity index (χ0v) is 19.1. The number of aromatic nitrogens is 1. The molecule has 2 aliphatic rings. The summed E-state index contributed by atoms with van der Waals surface area (Å²) in [5.41, 5.74) is 4.76. The number of likely N-dealkylation sites (N-methyl/N-ethyl adjacent to an activating group) is 1. The van der Waals surface area contributed by atoms with Gasteiger partial charge in [0.2, 0.25) is 0 Å². The third kappa shape index (κ3) is 3.24. The quantitative estimate of drug-likeness (QED) is 0.578. The maximum atomic E-state index is 14.8. The van der Waals surface area contributed by atoms with Crippen LogP contribution in [0.25, 0.3) is 10.9 Å². The Kier molecular flexibility index (Phi) is 5.30. The van der Waals surface area contributed by atoms with Crippen LogP contribution in [0, 0.1) is 5.82 Å². The highest BCUT2D eigenvalue weighted by atomic mass is 19.1. The highest BCUT2D eigenvalue weighted by molar-refractivity contribution is 6.04. The standard InChI is InChI=1S/C26H30FN3O2/c1-28(2)23-15-30(22-12-11-16-7-5-10-21(27)24(16)22)14-20(23)19-13-29(3)25-17(19)8-6-9-18(25)26(31)32-4/h5-10,13,20,22-23H,11-12,14-15H2,1-4H3/t20-,22?,23+/m0/s1. The second-order valence-corrected chi connectivity index (χ2v) is 9.35.